The van der Waals surface area contributed by atoms with Gasteiger partial charge >= 0.3 is 0 Å². The second-order valence-electron chi connectivity index (χ2n) is 14.5. The summed E-state index contributed by atoms with van der Waals surface area (Å²) in [7, 11) is 0. The van der Waals surface area contributed by atoms with Crippen molar-refractivity contribution in [1.29, 1.82) is 0 Å². The lowest BCUT2D eigenvalue weighted by molar-refractivity contribution is 0.515. The smallest absolute Gasteiger partial charge is 0.0579 e. The molecule has 0 saturated carbocycles. The van der Waals surface area contributed by atoms with E-state index in [2.05, 4.69) is 151 Å². The number of rotatable bonds is 4. The minimum absolute atomic E-state index is 0.00474. The number of hydrogen-bond acceptors (Lipinski definition) is 0. The van der Waals surface area contributed by atoms with Crippen LogP contribution in [0.2, 0.25) is 0 Å². The van der Waals surface area contributed by atoms with Crippen LogP contribution in [0, 0.1) is 0 Å². The molecule has 0 atom stereocenters. The Kier molecular flexibility index (Phi) is 5.71. The van der Waals surface area contributed by atoms with Gasteiger partial charge in [0.1, 0.15) is 0 Å². The highest BCUT2D eigenvalue weighted by molar-refractivity contribution is 6.16. The van der Waals surface area contributed by atoms with E-state index in [0.717, 1.165) is 6.42 Å². The van der Waals surface area contributed by atoms with Gasteiger partial charge in [0, 0.05) is 21.9 Å². The average Bonchev–Trinajstić information content (AvgIpc) is 3.29. The Balaban J connectivity index is 1.62. The van der Waals surface area contributed by atoms with Gasteiger partial charge in [-0.2, -0.15) is 0 Å². The van der Waals surface area contributed by atoms with Gasteiger partial charge in [0.2, 0.25) is 0 Å². The fraction of sp³-hybridized carbons (Fsp3) is 0.268. The van der Waals surface area contributed by atoms with E-state index in [1.807, 2.05) is 6.08 Å². The highest BCUT2D eigenvalue weighted by Crippen LogP contribution is 2.56. The van der Waals surface area contributed by atoms with Gasteiger partial charge in [-0.25, -0.2) is 0 Å². The van der Waals surface area contributed by atoms with Crippen molar-refractivity contribution in [1.82, 2.24) is 4.57 Å². The summed E-state index contributed by atoms with van der Waals surface area (Å²) in [6.45, 7) is 20.5. The molecule has 2 aliphatic rings. The molecule has 0 unspecified atom stereocenters. The fourth-order valence-corrected chi connectivity index (χ4v) is 7.45. The Morgan fingerprint density at radius 1 is 0.714 bits per heavy atom. The second-order valence-corrected chi connectivity index (χ2v) is 14.5. The quantitative estimate of drug-likeness (QED) is 0.197. The number of hydrogen-bond donors (Lipinski definition) is 0. The maximum Gasteiger partial charge on any atom is 0.0579 e. The Morgan fingerprint density at radius 3 is 1.88 bits per heavy atom. The third-order valence-corrected chi connectivity index (χ3v) is 9.81. The van der Waals surface area contributed by atoms with Crippen LogP contribution in [0.1, 0.15) is 71.6 Å². The second kappa shape index (κ2) is 8.95. The topological polar surface area (TPSA) is 4.93 Å². The summed E-state index contributed by atoms with van der Waals surface area (Å²) in [5, 5.41) is 2.71. The number of fused-ring (bicyclic) bond motifs is 1. The Hall–Kier alpha value is -4.10. The molecule has 1 aromatic heterocycles. The molecule has 1 nitrogen and oxygen atoms in total. The lowest BCUT2D eigenvalue weighted by Crippen LogP contribution is -2.32. The van der Waals surface area contributed by atoms with Crippen molar-refractivity contribution in [3.63, 3.8) is 0 Å². The number of aromatic nitrogens is 1. The number of nitrogens with zero attached hydrogens (tertiary/aromatic N) is 1. The standard InChI is InChI=1S/C41H41N/c1-9-10-16-33-36-25-40(5,6)34-23-28(26-14-12-11-13-15-26)21-31-32-22-29(27-17-19-30(20-18-27)39(2,3)4)24-35(41(33,7)8)38(32)42(36)37(31)34/h9-24H,1,25H2,2-8H3/b16-10-. The van der Waals surface area contributed by atoms with E-state index >= 15 is 0 Å². The molecule has 0 spiro atoms. The zero-order chi connectivity index (χ0) is 29.6. The van der Waals surface area contributed by atoms with Crippen LogP contribution in [0.3, 0.4) is 0 Å². The summed E-state index contributed by atoms with van der Waals surface area (Å²) in [6.07, 6.45) is 7.32. The fourth-order valence-electron chi connectivity index (χ4n) is 7.45. The highest BCUT2D eigenvalue weighted by atomic mass is 15.0. The van der Waals surface area contributed by atoms with E-state index in [1.54, 1.807) is 0 Å². The molecule has 0 fully saturated rings. The zero-order valence-corrected chi connectivity index (χ0v) is 26.1. The summed E-state index contributed by atoms with van der Waals surface area (Å²) in [4.78, 5) is 0. The van der Waals surface area contributed by atoms with Crippen molar-refractivity contribution < 1.29 is 0 Å². The van der Waals surface area contributed by atoms with Gasteiger partial charge in [-0.1, -0.05) is 128 Å². The molecule has 0 N–H and O–H groups in total. The molecule has 7 rings (SSSR count). The highest BCUT2D eigenvalue weighted by Gasteiger charge is 2.42. The molecule has 2 aliphatic heterocycles. The molecular weight excluding hydrogens is 506 g/mol. The van der Waals surface area contributed by atoms with Gasteiger partial charge in [-0.15, -0.1) is 0 Å². The van der Waals surface area contributed by atoms with Gasteiger partial charge in [0.25, 0.3) is 0 Å². The maximum atomic E-state index is 4.01. The van der Waals surface area contributed by atoms with Gasteiger partial charge < -0.3 is 4.57 Å². The molecule has 0 bridgehead atoms. The molecular formula is C41H41N. The summed E-state index contributed by atoms with van der Waals surface area (Å²) in [5.41, 5.74) is 14.8. The van der Waals surface area contributed by atoms with Crippen molar-refractivity contribution in [3.8, 4) is 22.3 Å². The Labute approximate surface area is 250 Å². The van der Waals surface area contributed by atoms with Crippen molar-refractivity contribution >= 4 is 27.5 Å². The van der Waals surface area contributed by atoms with E-state index in [4.69, 9.17) is 0 Å². The predicted octanol–water partition coefficient (Wildman–Crippen LogP) is 11.4. The first-order valence-electron chi connectivity index (χ1n) is 15.3. The first kappa shape index (κ1) is 26.8. The maximum absolute atomic E-state index is 4.01. The summed E-state index contributed by atoms with van der Waals surface area (Å²) < 4.78 is 2.62. The molecule has 0 saturated heterocycles. The Morgan fingerprint density at radius 2 is 1.29 bits per heavy atom. The first-order chi connectivity index (χ1) is 19.9. The van der Waals surface area contributed by atoms with Crippen LogP contribution in [0.25, 0.3) is 49.8 Å². The van der Waals surface area contributed by atoms with Crippen LogP contribution in [0.5, 0.6) is 0 Å². The largest absolute Gasteiger partial charge is 0.312 e. The monoisotopic (exact) mass is 547 g/mol. The zero-order valence-electron chi connectivity index (χ0n) is 26.1. The van der Waals surface area contributed by atoms with E-state index < -0.39 is 0 Å². The predicted molar refractivity (Wildman–Crippen MR) is 182 cm³/mol. The SMILES string of the molecule is C=C/C=C\C1=C2CC(C)(C)c3cc(-c4ccccc4)cc4c5cc(-c6ccc(C(C)(C)C)cc6)cc(c5n2c34)C1(C)C. The molecule has 0 aliphatic carbocycles. The average molecular weight is 548 g/mol. The molecule has 0 amide bonds. The van der Waals surface area contributed by atoms with Gasteiger partial charge in [-0.05, 0) is 86.0 Å². The molecule has 5 aromatic rings. The van der Waals surface area contributed by atoms with Crippen molar-refractivity contribution in [2.24, 2.45) is 0 Å². The first-order valence-corrected chi connectivity index (χ1v) is 15.3. The third kappa shape index (κ3) is 3.83. The number of allylic oxidation sites excluding steroid dienone is 5. The van der Waals surface area contributed by atoms with Crippen LogP contribution in [-0.2, 0) is 16.2 Å². The van der Waals surface area contributed by atoms with Gasteiger partial charge in [-0.3, -0.25) is 0 Å². The van der Waals surface area contributed by atoms with Crippen LogP contribution in [0.15, 0.2) is 109 Å². The normalized spacial score (nSPS) is 17.1. The molecule has 1 heteroatoms. The van der Waals surface area contributed by atoms with Crippen LogP contribution in [0.4, 0.5) is 0 Å². The molecule has 42 heavy (non-hydrogen) atoms. The third-order valence-electron chi connectivity index (χ3n) is 9.81. The van der Waals surface area contributed by atoms with Gasteiger partial charge in [0.05, 0.1) is 11.0 Å². The molecule has 3 heterocycles. The number of benzene rings is 4. The Bertz CT molecular complexity index is 1960. The molecule has 4 aromatic carbocycles. The van der Waals surface area contributed by atoms with Crippen LogP contribution >= 0.6 is 0 Å². The molecule has 210 valence electrons. The van der Waals surface area contributed by atoms with Gasteiger partial charge in [0.15, 0.2) is 0 Å². The minimum atomic E-state index is -0.158. The van der Waals surface area contributed by atoms with E-state index in [0.29, 0.717) is 0 Å². The van der Waals surface area contributed by atoms with E-state index in [-0.39, 0.29) is 16.2 Å². The summed E-state index contributed by atoms with van der Waals surface area (Å²) >= 11 is 0. The molecule has 0 radical (unpaired) electrons. The van der Waals surface area contributed by atoms with Crippen molar-refractivity contribution in [2.75, 3.05) is 0 Å². The minimum Gasteiger partial charge on any atom is -0.312 e. The van der Waals surface area contributed by atoms with Crippen molar-refractivity contribution in [3.05, 3.63) is 126 Å². The van der Waals surface area contributed by atoms with Crippen LogP contribution in [-0.4, -0.2) is 4.57 Å². The summed E-state index contributed by atoms with van der Waals surface area (Å²) in [6, 6.07) is 29.9. The lowest BCUT2D eigenvalue weighted by Gasteiger charge is -2.42. The van der Waals surface area contributed by atoms with Crippen LogP contribution < -0.4 is 0 Å². The summed E-state index contributed by atoms with van der Waals surface area (Å²) in [5.74, 6) is 0. The van der Waals surface area contributed by atoms with E-state index in [9.17, 15) is 0 Å². The van der Waals surface area contributed by atoms with E-state index in [1.165, 1.54) is 72.0 Å². The lowest BCUT2D eigenvalue weighted by atomic mass is 9.69. The van der Waals surface area contributed by atoms with Crippen molar-refractivity contribution in [2.45, 2.75) is 71.1 Å².